The van der Waals surface area contributed by atoms with Crippen LogP contribution < -0.4 is 24.3 Å². The summed E-state index contributed by atoms with van der Waals surface area (Å²) in [4.78, 5) is 13.0. The number of hydrogen-bond donors (Lipinski definition) is 0. The summed E-state index contributed by atoms with van der Waals surface area (Å²) >= 11 is 0. The van der Waals surface area contributed by atoms with E-state index in [9.17, 15) is 4.79 Å². The van der Waals surface area contributed by atoms with E-state index in [2.05, 4.69) is 0 Å². The van der Waals surface area contributed by atoms with E-state index in [1.807, 2.05) is 24.3 Å². The predicted molar refractivity (Wildman–Crippen MR) is 109 cm³/mol. The molecule has 27 heavy (non-hydrogen) atoms. The van der Waals surface area contributed by atoms with Gasteiger partial charge in [0.05, 0.1) is 27.9 Å². The van der Waals surface area contributed by atoms with Crippen molar-refractivity contribution in [1.82, 2.24) is 0 Å². The number of ether oxygens (including phenoxy) is 5. The van der Waals surface area contributed by atoms with Crippen LogP contribution in [-0.4, -0.2) is 66.0 Å². The number of methoxy groups -OCH3 is 4. The van der Waals surface area contributed by atoms with Crippen LogP contribution in [0.15, 0.2) is 36.4 Å². The first-order valence-electron chi connectivity index (χ1n) is 7.96. The van der Waals surface area contributed by atoms with Gasteiger partial charge in [0.25, 0.3) is 0 Å². The van der Waals surface area contributed by atoms with Gasteiger partial charge in [-0.3, -0.25) is 4.79 Å². The van der Waals surface area contributed by atoms with E-state index in [-0.39, 0.29) is 33.0 Å². The summed E-state index contributed by atoms with van der Waals surface area (Å²) in [5.74, 6) is 2.05. The van der Waals surface area contributed by atoms with Gasteiger partial charge in [-0.1, -0.05) is 18.2 Å². The third kappa shape index (κ3) is 6.16. The van der Waals surface area contributed by atoms with Crippen molar-refractivity contribution >= 4 is 38.3 Å². The molecule has 0 saturated carbocycles. The van der Waals surface area contributed by atoms with Crippen molar-refractivity contribution < 1.29 is 28.5 Å². The van der Waals surface area contributed by atoms with Gasteiger partial charge in [-0.15, -0.1) is 0 Å². The summed E-state index contributed by atoms with van der Waals surface area (Å²) in [6, 6.07) is 10.8. The molecule has 0 N–H and O–H groups in total. The van der Waals surface area contributed by atoms with Crippen LogP contribution in [0.2, 0.25) is 0 Å². The minimum absolute atomic E-state index is 0. The Morgan fingerprint density at radius 1 is 0.889 bits per heavy atom. The second kappa shape index (κ2) is 11.9. The van der Waals surface area contributed by atoms with Crippen LogP contribution in [0.4, 0.5) is 0 Å². The van der Waals surface area contributed by atoms with Crippen LogP contribution >= 0.6 is 8.58 Å². The molecule has 0 fully saturated rings. The zero-order valence-corrected chi connectivity index (χ0v) is 16.3. The normalized spacial score (nSPS) is 10.4. The molecule has 2 aromatic rings. The molecule has 0 aliphatic rings. The fourth-order valence-electron chi connectivity index (χ4n) is 2.35. The van der Waals surface area contributed by atoms with Crippen LogP contribution in [-0.2, 0) is 4.74 Å². The summed E-state index contributed by atoms with van der Waals surface area (Å²) in [6.07, 6.45) is 0. The van der Waals surface area contributed by atoms with Crippen LogP contribution in [0.3, 0.4) is 0 Å². The molecular formula is C19H24LiO6P. The summed E-state index contributed by atoms with van der Waals surface area (Å²) in [5, 5.41) is 0.813. The molecule has 0 bridgehead atoms. The molecule has 0 heterocycles. The standard InChI is InChI=1S/C19H23O6P.Li.H/c1-21-9-10-25-14-7-5-6-8-17(14)26-19(20)18-15(23-3)11-13(22-2)12-16(18)24-4;;/h5-8,11-12,26H,9-10H2,1-4H3;;. The SMILES string of the molecule is COCCOc1ccccc1PC(=O)c1c(OC)cc(OC)cc1OC.[LiH]. The molecule has 142 valence electrons. The average molecular weight is 386 g/mol. The van der Waals surface area contributed by atoms with E-state index < -0.39 is 0 Å². The van der Waals surface area contributed by atoms with E-state index >= 15 is 0 Å². The van der Waals surface area contributed by atoms with Gasteiger partial charge in [-0.05, 0) is 14.6 Å². The number of hydrogen-bond acceptors (Lipinski definition) is 6. The predicted octanol–water partition coefficient (Wildman–Crippen LogP) is 2.23. The molecule has 0 aliphatic carbocycles. The van der Waals surface area contributed by atoms with Gasteiger partial charge in [-0.25, -0.2) is 0 Å². The maximum absolute atomic E-state index is 13.0. The number of carbonyl (C=O) groups excluding carboxylic acids is 1. The van der Waals surface area contributed by atoms with Gasteiger partial charge in [0.2, 0.25) is 0 Å². The summed E-state index contributed by atoms with van der Waals surface area (Å²) in [5.41, 5.74) is 0.282. The summed E-state index contributed by atoms with van der Waals surface area (Å²) < 4.78 is 26.7. The Balaban J connectivity index is 0.00000364. The van der Waals surface area contributed by atoms with Gasteiger partial charge in [0.1, 0.15) is 35.2 Å². The number of para-hydroxylation sites is 1. The maximum atomic E-state index is 13.0. The second-order valence-corrected chi connectivity index (χ2v) is 6.44. The van der Waals surface area contributed by atoms with Crippen molar-refractivity contribution in [2.24, 2.45) is 0 Å². The quantitative estimate of drug-likeness (QED) is 0.355. The Bertz CT molecular complexity index is 728. The van der Waals surface area contributed by atoms with Crippen molar-refractivity contribution in [2.75, 3.05) is 41.7 Å². The molecule has 6 nitrogen and oxygen atoms in total. The molecule has 1 unspecified atom stereocenters. The Morgan fingerprint density at radius 3 is 2.07 bits per heavy atom. The van der Waals surface area contributed by atoms with Crippen molar-refractivity contribution in [2.45, 2.75) is 0 Å². The first-order chi connectivity index (χ1) is 12.6. The van der Waals surface area contributed by atoms with Gasteiger partial charge in [0, 0.05) is 24.5 Å². The molecule has 0 spiro atoms. The van der Waals surface area contributed by atoms with E-state index in [4.69, 9.17) is 23.7 Å². The van der Waals surface area contributed by atoms with Crippen LogP contribution in [0.5, 0.6) is 23.0 Å². The third-order valence-corrected chi connectivity index (χ3v) is 4.78. The van der Waals surface area contributed by atoms with Crippen molar-refractivity contribution in [3.63, 3.8) is 0 Å². The van der Waals surface area contributed by atoms with Gasteiger partial charge in [0.15, 0.2) is 5.52 Å². The van der Waals surface area contributed by atoms with E-state index in [0.717, 1.165) is 5.30 Å². The molecule has 0 radical (unpaired) electrons. The number of rotatable bonds is 10. The fraction of sp³-hybridized carbons (Fsp3) is 0.316. The van der Waals surface area contributed by atoms with Crippen LogP contribution in [0.1, 0.15) is 10.4 Å². The second-order valence-electron chi connectivity index (χ2n) is 5.20. The van der Waals surface area contributed by atoms with Crippen molar-refractivity contribution in [3.8, 4) is 23.0 Å². The van der Waals surface area contributed by atoms with E-state index in [1.165, 1.54) is 14.2 Å². The van der Waals surface area contributed by atoms with Gasteiger partial charge < -0.3 is 23.7 Å². The van der Waals surface area contributed by atoms with Crippen molar-refractivity contribution in [1.29, 1.82) is 0 Å². The molecule has 0 aromatic heterocycles. The monoisotopic (exact) mass is 386 g/mol. The Morgan fingerprint density at radius 2 is 1.52 bits per heavy atom. The fourth-order valence-corrected chi connectivity index (χ4v) is 3.42. The average Bonchev–Trinajstić information content (AvgIpc) is 2.68. The van der Waals surface area contributed by atoms with Crippen LogP contribution in [0, 0.1) is 0 Å². The Kier molecular flexibility index (Phi) is 10.3. The topological polar surface area (TPSA) is 63.2 Å². The molecule has 0 amide bonds. The van der Waals surface area contributed by atoms with Gasteiger partial charge >= 0.3 is 18.9 Å². The Hall–Kier alpha value is -1.70. The summed E-state index contributed by atoms with van der Waals surface area (Å²) in [6.45, 7) is 0.896. The first-order valence-corrected chi connectivity index (χ1v) is 8.96. The molecular weight excluding hydrogens is 362 g/mol. The molecule has 8 heteroatoms. The molecule has 0 aliphatic heterocycles. The van der Waals surface area contributed by atoms with E-state index in [0.29, 0.717) is 41.8 Å². The van der Waals surface area contributed by atoms with Crippen LogP contribution in [0.25, 0.3) is 0 Å². The van der Waals surface area contributed by atoms with Crippen molar-refractivity contribution in [3.05, 3.63) is 42.0 Å². The molecule has 1 atom stereocenters. The number of benzene rings is 2. The molecule has 2 aromatic carbocycles. The summed E-state index contributed by atoms with van der Waals surface area (Å²) in [7, 11) is 6.04. The first kappa shape index (κ1) is 23.3. The zero-order chi connectivity index (χ0) is 18.9. The van der Waals surface area contributed by atoms with Gasteiger partial charge in [-0.2, -0.15) is 0 Å². The zero-order valence-electron chi connectivity index (χ0n) is 15.3. The Labute approximate surface area is 173 Å². The number of carbonyl (C=O) groups is 1. The third-order valence-electron chi connectivity index (χ3n) is 3.62. The van der Waals surface area contributed by atoms with E-state index in [1.54, 1.807) is 26.4 Å². The molecule has 0 saturated heterocycles. The minimum atomic E-state index is -0.143. The molecule has 2 rings (SSSR count).